The molecule has 14 rings (SSSR count). The Labute approximate surface area is 392 Å². The fourth-order valence-electron chi connectivity index (χ4n) is 11.5. The largest absolute Gasteiger partial charge is 0.376 e. The van der Waals surface area contributed by atoms with Crippen LogP contribution in [-0.2, 0) is 0 Å². The third kappa shape index (κ3) is 5.60. The lowest BCUT2D eigenvalue weighted by atomic mass is 9.43. The standard InChI is InChI=1S/C61H41BN2S2/c1-36-27-37(2)60(38(3)28-36)43-30-51-49-29-41-15-7-8-16-42(41)31-53(49)64(44-23-21-40(22-24-44)39-13-5-4-6-14-39)62-52-34-50-47-18-10-12-20-57(47)66-59(50)35-54(52)63(55(32-43)61(51)62)45-25-26-48-46-17-9-11-19-56(46)65-58(48)33-45/h4-35H,1-3H3. The van der Waals surface area contributed by atoms with Gasteiger partial charge in [-0.05, 0) is 148 Å². The van der Waals surface area contributed by atoms with E-state index in [2.05, 4.69) is 225 Å². The van der Waals surface area contributed by atoms with Crippen LogP contribution in [0.15, 0.2) is 194 Å². The minimum Gasteiger partial charge on any atom is -0.376 e. The van der Waals surface area contributed by atoms with Gasteiger partial charge in [0.15, 0.2) is 0 Å². The number of anilines is 5. The Hall–Kier alpha value is -7.44. The van der Waals surface area contributed by atoms with E-state index in [0.29, 0.717) is 0 Å². The molecule has 0 spiro atoms. The van der Waals surface area contributed by atoms with Crippen LogP contribution < -0.4 is 20.6 Å². The number of hydrogen-bond acceptors (Lipinski definition) is 4. The van der Waals surface area contributed by atoms with Crippen molar-refractivity contribution < 1.29 is 0 Å². The molecule has 2 aromatic heterocycles. The summed E-state index contributed by atoms with van der Waals surface area (Å²) in [6.45, 7) is 6.66. The molecule has 2 aliphatic heterocycles. The first-order valence-corrected chi connectivity index (χ1v) is 24.5. The number of fused-ring (bicyclic) bond motifs is 11. The van der Waals surface area contributed by atoms with Crippen LogP contribution in [0.25, 0.3) is 84.5 Å². The maximum Gasteiger partial charge on any atom is 0.333 e. The number of aryl methyl sites for hydroxylation is 3. The van der Waals surface area contributed by atoms with Crippen LogP contribution in [0.5, 0.6) is 0 Å². The van der Waals surface area contributed by atoms with Crippen molar-refractivity contribution in [2.45, 2.75) is 20.8 Å². The molecular formula is C61H41BN2S2. The highest BCUT2D eigenvalue weighted by Gasteiger charge is 2.46. The normalized spacial score (nSPS) is 13.0. The summed E-state index contributed by atoms with van der Waals surface area (Å²) in [5.41, 5.74) is 20.1. The van der Waals surface area contributed by atoms with E-state index in [-0.39, 0.29) is 6.85 Å². The maximum absolute atomic E-state index is 2.66. The van der Waals surface area contributed by atoms with Crippen LogP contribution in [0.1, 0.15) is 16.7 Å². The highest BCUT2D eigenvalue weighted by atomic mass is 32.1. The molecule has 0 N–H and O–H groups in total. The lowest BCUT2D eigenvalue weighted by Crippen LogP contribution is -2.61. The zero-order chi connectivity index (χ0) is 43.8. The van der Waals surface area contributed by atoms with Crippen LogP contribution in [0.4, 0.5) is 28.4 Å². The van der Waals surface area contributed by atoms with Crippen molar-refractivity contribution in [2.24, 2.45) is 0 Å². The van der Waals surface area contributed by atoms with Crippen LogP contribution in [-0.4, -0.2) is 6.85 Å². The Kier molecular flexibility index (Phi) is 8.20. The van der Waals surface area contributed by atoms with E-state index in [9.17, 15) is 0 Å². The van der Waals surface area contributed by atoms with E-state index in [4.69, 9.17) is 0 Å². The molecule has 0 unspecified atom stereocenters. The summed E-state index contributed by atoms with van der Waals surface area (Å²) >= 11 is 3.79. The van der Waals surface area contributed by atoms with Crippen molar-refractivity contribution in [1.29, 1.82) is 0 Å². The highest BCUT2D eigenvalue weighted by molar-refractivity contribution is 7.26. The summed E-state index contributed by atoms with van der Waals surface area (Å²) in [6, 6.07) is 73.6. The molecule has 4 heterocycles. The number of nitrogens with zero attached hydrogens (tertiary/aromatic N) is 2. The van der Waals surface area contributed by atoms with Crippen molar-refractivity contribution in [3.05, 3.63) is 211 Å². The first-order chi connectivity index (χ1) is 32.4. The summed E-state index contributed by atoms with van der Waals surface area (Å²) in [5, 5.41) is 7.72. The van der Waals surface area contributed by atoms with E-state index in [1.807, 2.05) is 22.7 Å². The first kappa shape index (κ1) is 37.9. The molecule has 0 bridgehead atoms. The Morgan fingerprint density at radius 3 is 1.74 bits per heavy atom. The quantitative estimate of drug-likeness (QED) is 0.163. The van der Waals surface area contributed by atoms with Gasteiger partial charge in [-0.25, -0.2) is 0 Å². The molecule has 12 aromatic rings. The lowest BCUT2D eigenvalue weighted by molar-refractivity contribution is 1.27. The molecule has 0 amide bonds. The molecule has 0 radical (unpaired) electrons. The van der Waals surface area contributed by atoms with Crippen molar-refractivity contribution in [3.63, 3.8) is 0 Å². The molecule has 5 heteroatoms. The van der Waals surface area contributed by atoms with Crippen molar-refractivity contribution in [1.82, 2.24) is 0 Å². The predicted octanol–water partition coefficient (Wildman–Crippen LogP) is 16.5. The van der Waals surface area contributed by atoms with E-state index < -0.39 is 0 Å². The fraction of sp³-hybridized carbons (Fsp3) is 0.0492. The van der Waals surface area contributed by atoms with Gasteiger partial charge in [0.25, 0.3) is 0 Å². The number of thiophene rings is 2. The van der Waals surface area contributed by atoms with Gasteiger partial charge in [0.1, 0.15) is 0 Å². The Morgan fingerprint density at radius 1 is 0.394 bits per heavy atom. The molecule has 66 heavy (non-hydrogen) atoms. The topological polar surface area (TPSA) is 6.48 Å². The number of rotatable bonds is 4. The van der Waals surface area contributed by atoms with Gasteiger partial charge in [-0.15, -0.1) is 22.7 Å². The van der Waals surface area contributed by atoms with Gasteiger partial charge in [-0.3, -0.25) is 0 Å². The predicted molar refractivity (Wildman–Crippen MR) is 289 cm³/mol. The van der Waals surface area contributed by atoms with Gasteiger partial charge in [0, 0.05) is 74.3 Å². The van der Waals surface area contributed by atoms with Crippen LogP contribution in [0.2, 0.25) is 0 Å². The SMILES string of the molecule is Cc1cc(C)c(-c2cc3c4c(c2)N(c2ccc5c(c2)sc2ccccc25)c2cc5sc6ccccc6c5cc2B4N(c2ccc(-c4ccccc4)cc2)c2cc4ccccc4cc2-3)c(C)c1. The van der Waals surface area contributed by atoms with Gasteiger partial charge >= 0.3 is 6.85 Å². The minimum absolute atomic E-state index is 0.122. The molecule has 0 fully saturated rings. The van der Waals surface area contributed by atoms with Gasteiger partial charge in [0.05, 0.1) is 0 Å². The van der Waals surface area contributed by atoms with Gasteiger partial charge in [0.2, 0.25) is 0 Å². The third-order valence-electron chi connectivity index (χ3n) is 14.2. The summed E-state index contributed by atoms with van der Waals surface area (Å²) in [5.74, 6) is 0. The first-order valence-electron chi connectivity index (χ1n) is 22.8. The average Bonchev–Trinajstić information content (AvgIpc) is 3.90. The molecule has 0 aliphatic carbocycles. The smallest absolute Gasteiger partial charge is 0.333 e. The zero-order valence-electron chi connectivity index (χ0n) is 36.8. The Balaban J connectivity index is 1.12. The molecule has 0 atom stereocenters. The zero-order valence-corrected chi connectivity index (χ0v) is 38.4. The molecular weight excluding hydrogens is 836 g/mol. The van der Waals surface area contributed by atoms with E-state index in [1.165, 1.54) is 141 Å². The van der Waals surface area contributed by atoms with Gasteiger partial charge in [-0.1, -0.05) is 133 Å². The second-order valence-electron chi connectivity index (χ2n) is 18.3. The second kappa shape index (κ2) is 14.3. The Bertz CT molecular complexity index is 3970. The summed E-state index contributed by atoms with van der Waals surface area (Å²) in [7, 11) is 0. The van der Waals surface area contributed by atoms with Gasteiger partial charge in [-0.2, -0.15) is 0 Å². The monoisotopic (exact) mass is 876 g/mol. The maximum atomic E-state index is 2.66. The van der Waals surface area contributed by atoms with E-state index >= 15 is 0 Å². The fourth-order valence-corrected chi connectivity index (χ4v) is 13.8. The number of hydrogen-bond donors (Lipinski definition) is 0. The summed E-state index contributed by atoms with van der Waals surface area (Å²) < 4.78 is 5.23. The molecule has 2 aliphatic rings. The van der Waals surface area contributed by atoms with Crippen LogP contribution in [0, 0.1) is 20.8 Å². The van der Waals surface area contributed by atoms with Crippen molar-refractivity contribution in [2.75, 3.05) is 9.71 Å². The lowest BCUT2D eigenvalue weighted by Gasteiger charge is -2.46. The molecule has 0 saturated heterocycles. The summed E-state index contributed by atoms with van der Waals surface area (Å²) in [6.07, 6.45) is 0. The molecule has 310 valence electrons. The molecule has 0 saturated carbocycles. The van der Waals surface area contributed by atoms with Crippen molar-refractivity contribution in [3.8, 4) is 33.4 Å². The van der Waals surface area contributed by atoms with Gasteiger partial charge < -0.3 is 9.71 Å². The Morgan fingerprint density at radius 2 is 1.00 bits per heavy atom. The average molecular weight is 877 g/mol. The highest BCUT2D eigenvalue weighted by Crippen LogP contribution is 2.51. The van der Waals surface area contributed by atoms with Crippen molar-refractivity contribution >= 4 is 120 Å². The molecule has 2 nitrogen and oxygen atoms in total. The molecule has 10 aromatic carbocycles. The third-order valence-corrected chi connectivity index (χ3v) is 16.5. The van der Waals surface area contributed by atoms with Crippen LogP contribution in [0.3, 0.4) is 0 Å². The summed E-state index contributed by atoms with van der Waals surface area (Å²) in [4.78, 5) is 5.28. The van der Waals surface area contributed by atoms with Crippen LogP contribution >= 0.6 is 22.7 Å². The van der Waals surface area contributed by atoms with E-state index in [1.54, 1.807) is 0 Å². The second-order valence-corrected chi connectivity index (χ2v) is 20.4. The number of benzene rings is 10. The van der Waals surface area contributed by atoms with E-state index in [0.717, 1.165) is 0 Å². The minimum atomic E-state index is -0.122.